The van der Waals surface area contributed by atoms with E-state index < -0.39 is 30.3 Å². The molecule has 0 N–H and O–H groups in total. The van der Waals surface area contributed by atoms with Crippen molar-refractivity contribution in [2.45, 2.75) is 51.0 Å². The molecule has 192 valence electrons. The Bertz CT molecular complexity index is 1130. The zero-order valence-electron chi connectivity index (χ0n) is 20.5. The summed E-state index contributed by atoms with van der Waals surface area (Å²) in [6, 6.07) is 15.2. The number of halogens is 3. The molecule has 2 fully saturated rings. The van der Waals surface area contributed by atoms with Gasteiger partial charge in [0.05, 0.1) is 13.2 Å². The molecule has 0 saturated carbocycles. The van der Waals surface area contributed by atoms with Gasteiger partial charge in [0.2, 0.25) is 5.60 Å². The number of anilines is 1. The summed E-state index contributed by atoms with van der Waals surface area (Å²) in [5.74, 6) is 4.65. The van der Waals surface area contributed by atoms with E-state index in [1.165, 1.54) is 26.0 Å². The molecule has 6 nitrogen and oxygen atoms in total. The molecular formula is C27H29F3N2O4. The molecule has 2 aliphatic rings. The number of benzene rings is 2. The first-order chi connectivity index (χ1) is 17.0. The van der Waals surface area contributed by atoms with E-state index in [0.717, 1.165) is 5.56 Å². The standard InChI is InChI=1S/C27H29F3N2O4/c1-4-8-23-17-31(24(33)34-18-20-9-6-5-7-10-20)15-16-32(23)22-13-11-21(12-14-22)26(27(28,29)30)19-35-25(2,3)36-26/h5-7,9-14,23H,15-19H2,1-3H3/t23-,26+/m0/s1. The van der Waals surface area contributed by atoms with Gasteiger partial charge >= 0.3 is 12.3 Å². The van der Waals surface area contributed by atoms with Crippen molar-refractivity contribution in [1.29, 1.82) is 0 Å². The highest BCUT2D eigenvalue weighted by molar-refractivity contribution is 5.68. The molecule has 0 spiro atoms. The van der Waals surface area contributed by atoms with Crippen LogP contribution in [-0.4, -0.2) is 55.2 Å². The van der Waals surface area contributed by atoms with Crippen molar-refractivity contribution in [2.24, 2.45) is 0 Å². The Morgan fingerprint density at radius 1 is 1.11 bits per heavy atom. The lowest BCUT2D eigenvalue weighted by Crippen LogP contribution is -2.54. The van der Waals surface area contributed by atoms with Crippen LogP contribution < -0.4 is 4.90 Å². The molecule has 36 heavy (non-hydrogen) atoms. The normalized spacial score (nSPS) is 23.7. The fourth-order valence-electron chi connectivity index (χ4n) is 4.48. The number of amides is 1. The van der Waals surface area contributed by atoms with Gasteiger partial charge in [-0.1, -0.05) is 48.4 Å². The first-order valence-corrected chi connectivity index (χ1v) is 11.7. The zero-order valence-corrected chi connectivity index (χ0v) is 20.5. The number of nitrogens with zero attached hydrogens (tertiary/aromatic N) is 2. The maximum absolute atomic E-state index is 14.1. The van der Waals surface area contributed by atoms with E-state index in [4.69, 9.17) is 14.2 Å². The Morgan fingerprint density at radius 3 is 2.39 bits per heavy atom. The fraction of sp³-hybridized carbons (Fsp3) is 0.444. The molecule has 4 rings (SSSR count). The molecule has 2 atom stereocenters. The summed E-state index contributed by atoms with van der Waals surface area (Å²) >= 11 is 0. The maximum Gasteiger partial charge on any atom is 0.424 e. The van der Waals surface area contributed by atoms with Gasteiger partial charge in [0.15, 0.2) is 5.79 Å². The molecule has 1 amide bonds. The Labute approximate surface area is 208 Å². The molecule has 0 aliphatic carbocycles. The third-order valence-electron chi connectivity index (χ3n) is 6.32. The van der Waals surface area contributed by atoms with Crippen molar-refractivity contribution in [1.82, 2.24) is 4.90 Å². The second-order valence-corrected chi connectivity index (χ2v) is 9.25. The van der Waals surface area contributed by atoms with E-state index in [2.05, 4.69) is 11.8 Å². The quantitative estimate of drug-likeness (QED) is 0.546. The summed E-state index contributed by atoms with van der Waals surface area (Å²) in [6.45, 7) is 5.37. The van der Waals surface area contributed by atoms with Crippen LogP contribution in [0.1, 0.15) is 31.9 Å². The van der Waals surface area contributed by atoms with Crippen molar-refractivity contribution in [3.05, 3.63) is 65.7 Å². The molecule has 0 aromatic heterocycles. The highest BCUT2D eigenvalue weighted by Crippen LogP contribution is 2.49. The first kappa shape index (κ1) is 25.9. The summed E-state index contributed by atoms with van der Waals surface area (Å²) in [5, 5.41) is 0. The van der Waals surface area contributed by atoms with Crippen LogP contribution in [0.4, 0.5) is 23.7 Å². The number of rotatable bonds is 4. The van der Waals surface area contributed by atoms with Gasteiger partial charge in [0.25, 0.3) is 0 Å². The minimum atomic E-state index is -4.65. The van der Waals surface area contributed by atoms with Gasteiger partial charge in [-0.3, -0.25) is 0 Å². The summed E-state index contributed by atoms with van der Waals surface area (Å²) in [6.07, 6.45) is -5.07. The molecule has 9 heteroatoms. The van der Waals surface area contributed by atoms with E-state index in [1.807, 2.05) is 35.2 Å². The van der Waals surface area contributed by atoms with Crippen LogP contribution in [0.3, 0.4) is 0 Å². The van der Waals surface area contributed by atoms with Gasteiger partial charge in [-0.25, -0.2) is 4.79 Å². The van der Waals surface area contributed by atoms with Gasteiger partial charge in [0, 0.05) is 18.8 Å². The van der Waals surface area contributed by atoms with Gasteiger partial charge < -0.3 is 24.0 Å². The van der Waals surface area contributed by atoms with Crippen molar-refractivity contribution >= 4 is 11.8 Å². The van der Waals surface area contributed by atoms with Gasteiger partial charge in [-0.05, 0) is 44.0 Å². The lowest BCUT2D eigenvalue weighted by molar-refractivity contribution is -0.289. The van der Waals surface area contributed by atoms with Crippen LogP contribution in [0.25, 0.3) is 0 Å². The number of hydrogen-bond donors (Lipinski definition) is 0. The highest BCUT2D eigenvalue weighted by atomic mass is 19.4. The number of hydrogen-bond acceptors (Lipinski definition) is 5. The second kappa shape index (κ2) is 10.0. The Balaban J connectivity index is 1.47. The van der Waals surface area contributed by atoms with E-state index in [0.29, 0.717) is 25.3 Å². The lowest BCUT2D eigenvalue weighted by Gasteiger charge is -2.40. The predicted octanol–water partition coefficient (Wildman–Crippen LogP) is 5.08. The summed E-state index contributed by atoms with van der Waals surface area (Å²) < 4.78 is 58.3. The highest BCUT2D eigenvalue weighted by Gasteiger charge is 2.63. The topological polar surface area (TPSA) is 51.2 Å². The Hall–Kier alpha value is -3.22. The van der Waals surface area contributed by atoms with Crippen LogP contribution in [0.15, 0.2) is 54.6 Å². The second-order valence-electron chi connectivity index (χ2n) is 9.25. The van der Waals surface area contributed by atoms with Crippen molar-refractivity contribution < 1.29 is 32.2 Å². The third-order valence-corrected chi connectivity index (χ3v) is 6.32. The number of carbonyl (C=O) groups excluding carboxylic acids is 1. The SMILES string of the molecule is CC#C[C@H]1CN(C(=O)OCc2ccccc2)CCN1c1ccc([C@@]2(C(F)(F)F)COC(C)(C)O2)cc1. The lowest BCUT2D eigenvalue weighted by atomic mass is 9.93. The fourth-order valence-corrected chi connectivity index (χ4v) is 4.48. The average molecular weight is 503 g/mol. The van der Waals surface area contributed by atoms with E-state index in [-0.39, 0.29) is 18.2 Å². The molecule has 2 aliphatic heterocycles. The van der Waals surface area contributed by atoms with Gasteiger partial charge in [-0.2, -0.15) is 13.2 Å². The summed E-state index contributed by atoms with van der Waals surface area (Å²) in [7, 11) is 0. The third kappa shape index (κ3) is 5.30. The first-order valence-electron chi connectivity index (χ1n) is 11.7. The smallest absolute Gasteiger partial charge is 0.424 e. The monoisotopic (exact) mass is 502 g/mol. The van der Waals surface area contributed by atoms with Crippen LogP contribution in [0, 0.1) is 11.8 Å². The minimum absolute atomic E-state index is 0.0226. The maximum atomic E-state index is 14.1. The van der Waals surface area contributed by atoms with Crippen LogP contribution in [-0.2, 0) is 26.4 Å². The van der Waals surface area contributed by atoms with Gasteiger partial charge in [0.1, 0.15) is 12.6 Å². The Kier molecular flexibility index (Phi) is 7.21. The summed E-state index contributed by atoms with van der Waals surface area (Å²) in [5.41, 5.74) is -0.949. The molecule has 0 unspecified atom stereocenters. The number of alkyl halides is 3. The van der Waals surface area contributed by atoms with Crippen LogP contribution >= 0.6 is 0 Å². The molecular weight excluding hydrogens is 473 g/mol. The van der Waals surface area contributed by atoms with Crippen LogP contribution in [0.5, 0.6) is 0 Å². The molecule has 2 heterocycles. The largest absolute Gasteiger partial charge is 0.445 e. The number of ether oxygens (including phenoxy) is 3. The number of piperazine rings is 1. The minimum Gasteiger partial charge on any atom is -0.445 e. The van der Waals surface area contributed by atoms with E-state index in [1.54, 1.807) is 24.0 Å². The molecule has 2 saturated heterocycles. The average Bonchev–Trinajstić information content (AvgIpc) is 3.20. The molecule has 0 bridgehead atoms. The predicted molar refractivity (Wildman–Crippen MR) is 128 cm³/mol. The van der Waals surface area contributed by atoms with Crippen molar-refractivity contribution in [2.75, 3.05) is 31.1 Å². The molecule has 0 radical (unpaired) electrons. The van der Waals surface area contributed by atoms with E-state index >= 15 is 0 Å². The summed E-state index contributed by atoms with van der Waals surface area (Å²) in [4.78, 5) is 16.2. The van der Waals surface area contributed by atoms with E-state index in [9.17, 15) is 18.0 Å². The van der Waals surface area contributed by atoms with Crippen molar-refractivity contribution in [3.63, 3.8) is 0 Å². The molecule has 2 aromatic rings. The molecule has 2 aromatic carbocycles. The van der Waals surface area contributed by atoms with Crippen molar-refractivity contribution in [3.8, 4) is 11.8 Å². The zero-order chi connectivity index (χ0) is 26.0. The Morgan fingerprint density at radius 2 is 1.81 bits per heavy atom. The number of carbonyl (C=O) groups is 1. The van der Waals surface area contributed by atoms with Gasteiger partial charge in [-0.15, -0.1) is 5.92 Å². The van der Waals surface area contributed by atoms with Crippen LogP contribution in [0.2, 0.25) is 0 Å².